The first kappa shape index (κ1) is 21.9. The average Bonchev–Trinajstić information content (AvgIpc) is 2.82. The van der Waals surface area contributed by atoms with Crippen LogP contribution in [0, 0.1) is 18.3 Å². The third-order valence-electron chi connectivity index (χ3n) is 4.84. The highest BCUT2D eigenvalue weighted by Gasteiger charge is 2.21. The van der Waals surface area contributed by atoms with Gasteiger partial charge in [0, 0.05) is 18.7 Å². The molecule has 0 saturated carbocycles. The molecule has 1 saturated heterocycles. The van der Waals surface area contributed by atoms with E-state index in [1.807, 2.05) is 19.1 Å². The van der Waals surface area contributed by atoms with Crippen molar-refractivity contribution >= 4 is 15.8 Å². The molecule has 0 aliphatic carbocycles. The molecule has 0 amide bonds. The number of nitriles is 1. The summed E-state index contributed by atoms with van der Waals surface area (Å²) in [6.45, 7) is 6.46. The summed E-state index contributed by atoms with van der Waals surface area (Å²) in [7, 11) is 0.318. The molecule has 1 fully saturated rings. The monoisotopic (exact) mass is 401 g/mol. The SMILES string of the molecule is C[N+]1(C)CCCN(c2ccc(C#N)cc2)CC1.Cc1ccc(S(=O)(=O)[O-])cc1. The molecular formula is C21H27N3O3S. The van der Waals surface area contributed by atoms with Crippen LogP contribution in [-0.4, -0.2) is 57.7 Å². The van der Waals surface area contributed by atoms with Crippen LogP contribution >= 0.6 is 0 Å². The Labute approximate surface area is 168 Å². The van der Waals surface area contributed by atoms with Crippen molar-refractivity contribution in [2.24, 2.45) is 0 Å². The van der Waals surface area contributed by atoms with E-state index in [1.165, 1.54) is 37.3 Å². The van der Waals surface area contributed by atoms with Gasteiger partial charge in [-0.2, -0.15) is 5.26 Å². The summed E-state index contributed by atoms with van der Waals surface area (Å²) in [5.41, 5.74) is 2.91. The standard InChI is InChI=1S/C14H20N3.C7H8O3S/c1-17(2)10-3-8-16(9-11-17)14-6-4-13(12-15)5-7-14;1-6-2-4-7(5-3-6)11(8,9)10/h4-7H,3,8-11H2,1-2H3;2-5H,1H3,(H,8,9,10)/q+1;/p-1. The van der Waals surface area contributed by atoms with Gasteiger partial charge < -0.3 is 13.9 Å². The van der Waals surface area contributed by atoms with Crippen LogP contribution in [0.5, 0.6) is 0 Å². The van der Waals surface area contributed by atoms with E-state index in [-0.39, 0.29) is 4.90 Å². The first-order chi connectivity index (χ1) is 13.1. The second-order valence-electron chi connectivity index (χ2n) is 7.65. The van der Waals surface area contributed by atoms with Gasteiger partial charge in [-0.05, 0) is 43.3 Å². The van der Waals surface area contributed by atoms with E-state index in [2.05, 4.69) is 37.2 Å². The van der Waals surface area contributed by atoms with Gasteiger partial charge in [0.15, 0.2) is 0 Å². The van der Waals surface area contributed by atoms with Crippen molar-refractivity contribution in [2.75, 3.05) is 45.2 Å². The van der Waals surface area contributed by atoms with Crippen molar-refractivity contribution < 1.29 is 17.5 Å². The highest BCUT2D eigenvalue weighted by atomic mass is 32.2. The van der Waals surface area contributed by atoms with Crippen molar-refractivity contribution in [1.29, 1.82) is 5.26 Å². The van der Waals surface area contributed by atoms with E-state index in [1.54, 1.807) is 12.1 Å². The van der Waals surface area contributed by atoms with Crippen molar-refractivity contribution in [1.82, 2.24) is 0 Å². The normalized spacial score (nSPS) is 16.3. The maximum atomic E-state index is 10.4. The van der Waals surface area contributed by atoms with Crippen LogP contribution in [-0.2, 0) is 10.1 Å². The molecule has 2 aromatic rings. The topological polar surface area (TPSA) is 84.2 Å². The lowest BCUT2D eigenvalue weighted by atomic mass is 10.2. The van der Waals surface area contributed by atoms with Crippen molar-refractivity contribution in [3.63, 3.8) is 0 Å². The maximum absolute atomic E-state index is 10.4. The summed E-state index contributed by atoms with van der Waals surface area (Å²) >= 11 is 0. The molecule has 1 aliphatic heterocycles. The third kappa shape index (κ3) is 6.64. The van der Waals surface area contributed by atoms with E-state index in [4.69, 9.17) is 5.26 Å². The number of aryl methyl sites for hydroxylation is 1. The number of hydrogen-bond donors (Lipinski definition) is 0. The molecule has 0 spiro atoms. The summed E-state index contributed by atoms with van der Waals surface area (Å²) in [5.74, 6) is 0. The van der Waals surface area contributed by atoms with E-state index in [0.717, 1.165) is 28.7 Å². The Kier molecular flexibility index (Phi) is 7.19. The lowest BCUT2D eigenvalue weighted by Crippen LogP contribution is -2.42. The van der Waals surface area contributed by atoms with E-state index >= 15 is 0 Å². The molecule has 3 rings (SSSR count). The van der Waals surface area contributed by atoms with Crippen molar-refractivity contribution in [2.45, 2.75) is 18.2 Å². The second kappa shape index (κ2) is 9.20. The number of hydrogen-bond acceptors (Lipinski definition) is 5. The third-order valence-corrected chi connectivity index (χ3v) is 5.69. The van der Waals surface area contributed by atoms with Crippen LogP contribution < -0.4 is 4.90 Å². The van der Waals surface area contributed by atoms with Gasteiger partial charge in [0.05, 0.1) is 50.3 Å². The van der Waals surface area contributed by atoms with Gasteiger partial charge in [0.25, 0.3) is 0 Å². The number of likely N-dealkylation sites (N-methyl/N-ethyl adjacent to an activating group) is 1. The molecule has 0 bridgehead atoms. The first-order valence-electron chi connectivity index (χ1n) is 9.20. The van der Waals surface area contributed by atoms with Crippen molar-refractivity contribution in [3.8, 4) is 6.07 Å². The summed E-state index contributed by atoms with van der Waals surface area (Å²) in [6.07, 6.45) is 1.23. The summed E-state index contributed by atoms with van der Waals surface area (Å²) < 4.78 is 32.3. The summed E-state index contributed by atoms with van der Waals surface area (Å²) in [5, 5.41) is 8.79. The molecule has 2 aromatic carbocycles. The minimum atomic E-state index is -4.27. The Morgan fingerprint density at radius 2 is 1.61 bits per heavy atom. The van der Waals surface area contributed by atoms with Crippen LogP contribution in [0.1, 0.15) is 17.5 Å². The number of nitrogens with zero attached hydrogens (tertiary/aromatic N) is 3. The first-order valence-corrected chi connectivity index (χ1v) is 10.6. The van der Waals surface area contributed by atoms with Crippen LogP contribution in [0.3, 0.4) is 0 Å². The zero-order chi connectivity index (χ0) is 20.8. The zero-order valence-electron chi connectivity index (χ0n) is 16.6. The molecule has 0 unspecified atom stereocenters. The zero-order valence-corrected chi connectivity index (χ0v) is 17.4. The lowest BCUT2D eigenvalue weighted by molar-refractivity contribution is -0.887. The lowest BCUT2D eigenvalue weighted by Gasteiger charge is -2.28. The van der Waals surface area contributed by atoms with Gasteiger partial charge >= 0.3 is 0 Å². The molecule has 0 radical (unpaired) electrons. The number of benzene rings is 2. The molecule has 28 heavy (non-hydrogen) atoms. The fourth-order valence-corrected chi connectivity index (χ4v) is 3.48. The molecule has 1 aliphatic rings. The fourth-order valence-electron chi connectivity index (χ4n) is 3.01. The van der Waals surface area contributed by atoms with E-state index in [9.17, 15) is 13.0 Å². The van der Waals surface area contributed by atoms with Gasteiger partial charge in [-0.1, -0.05) is 17.7 Å². The van der Waals surface area contributed by atoms with Crippen LogP contribution in [0.25, 0.3) is 0 Å². The van der Waals surface area contributed by atoms with E-state index in [0.29, 0.717) is 0 Å². The van der Waals surface area contributed by atoms with Gasteiger partial charge in [0.1, 0.15) is 10.1 Å². The highest BCUT2D eigenvalue weighted by molar-refractivity contribution is 7.85. The minimum Gasteiger partial charge on any atom is -0.744 e. The summed E-state index contributed by atoms with van der Waals surface area (Å²) in [4.78, 5) is 2.25. The van der Waals surface area contributed by atoms with E-state index < -0.39 is 10.1 Å². The Bertz CT molecular complexity index is 915. The molecule has 0 aromatic heterocycles. The average molecular weight is 402 g/mol. The molecule has 0 N–H and O–H groups in total. The molecule has 150 valence electrons. The van der Waals surface area contributed by atoms with Gasteiger partial charge in [-0.15, -0.1) is 0 Å². The molecule has 1 heterocycles. The molecule has 7 heteroatoms. The Morgan fingerprint density at radius 3 is 2.14 bits per heavy atom. The van der Waals surface area contributed by atoms with Crippen LogP contribution in [0.2, 0.25) is 0 Å². The summed E-state index contributed by atoms with van der Waals surface area (Å²) in [6, 6.07) is 15.9. The Morgan fingerprint density at radius 1 is 1.00 bits per heavy atom. The highest BCUT2D eigenvalue weighted by Crippen LogP contribution is 2.18. The van der Waals surface area contributed by atoms with Gasteiger partial charge in [0.2, 0.25) is 0 Å². The van der Waals surface area contributed by atoms with Gasteiger partial charge in [-0.25, -0.2) is 8.42 Å². The largest absolute Gasteiger partial charge is 0.744 e. The fraction of sp³-hybridized carbons (Fsp3) is 0.381. The smallest absolute Gasteiger partial charge is 0.124 e. The molecular weight excluding hydrogens is 374 g/mol. The predicted molar refractivity (Wildman–Crippen MR) is 109 cm³/mol. The van der Waals surface area contributed by atoms with Gasteiger partial charge in [-0.3, -0.25) is 0 Å². The quantitative estimate of drug-likeness (QED) is 0.571. The van der Waals surface area contributed by atoms with Crippen molar-refractivity contribution in [3.05, 3.63) is 59.7 Å². The molecule has 0 atom stereocenters. The van der Waals surface area contributed by atoms with Crippen LogP contribution in [0.15, 0.2) is 53.4 Å². The predicted octanol–water partition coefficient (Wildman–Crippen LogP) is 2.74. The van der Waals surface area contributed by atoms with Crippen LogP contribution in [0.4, 0.5) is 5.69 Å². The molecule has 6 nitrogen and oxygen atoms in total. The second-order valence-corrected chi connectivity index (χ2v) is 9.03. The number of quaternary nitrogens is 1. The Balaban J connectivity index is 0.000000221. The maximum Gasteiger partial charge on any atom is 0.124 e. The minimum absolute atomic E-state index is 0.178. The Hall–Kier alpha value is -2.40. The number of anilines is 1. The number of rotatable bonds is 2.